The molecule has 5 heteroatoms. The molecule has 104 valence electrons. The average molecular weight is 267 g/mol. The summed E-state index contributed by atoms with van der Waals surface area (Å²) in [4.78, 5) is 24.1. The normalized spacial score (nSPS) is 11.9. The van der Waals surface area contributed by atoms with Gasteiger partial charge in [0.05, 0.1) is 12.3 Å². The van der Waals surface area contributed by atoms with E-state index in [1.54, 1.807) is 19.2 Å². The molecule has 0 aliphatic heterocycles. The van der Waals surface area contributed by atoms with Gasteiger partial charge in [0.15, 0.2) is 0 Å². The predicted molar refractivity (Wildman–Crippen MR) is 69.3 cm³/mol. The molecule has 1 amide bonds. The van der Waals surface area contributed by atoms with E-state index in [2.05, 4.69) is 0 Å². The zero-order valence-corrected chi connectivity index (χ0v) is 11.1. The molecule has 0 heterocycles. The van der Waals surface area contributed by atoms with Crippen LogP contribution in [0.3, 0.4) is 0 Å². The second-order valence-corrected chi connectivity index (χ2v) is 4.42. The molecule has 0 bridgehead atoms. The van der Waals surface area contributed by atoms with Gasteiger partial charge in [0, 0.05) is 13.6 Å². The highest BCUT2D eigenvalue weighted by Crippen LogP contribution is 2.22. The van der Waals surface area contributed by atoms with Gasteiger partial charge in [0.2, 0.25) is 5.91 Å². The molecule has 1 aromatic carbocycles. The van der Waals surface area contributed by atoms with Gasteiger partial charge < -0.3 is 10.0 Å². The number of carbonyl (C=O) groups excluding carboxylic acids is 1. The Balaban J connectivity index is 2.76. The summed E-state index contributed by atoms with van der Waals surface area (Å²) in [6.07, 6.45) is 0.504. The first-order valence-electron chi connectivity index (χ1n) is 6.18. The summed E-state index contributed by atoms with van der Waals surface area (Å²) >= 11 is 0. The van der Waals surface area contributed by atoms with E-state index in [9.17, 15) is 14.0 Å². The average Bonchev–Trinajstić information content (AvgIpc) is 2.38. The standard InChI is InChI=1S/C14H18FNO3/c1-3-12(10-4-6-11(15)7-5-10)14(19)16(2)9-8-13(17)18/h4-7,12H,3,8-9H2,1-2H3,(H,17,18). The number of rotatable bonds is 6. The van der Waals surface area contributed by atoms with Gasteiger partial charge in [-0.15, -0.1) is 0 Å². The molecular weight excluding hydrogens is 249 g/mol. The van der Waals surface area contributed by atoms with Crippen molar-refractivity contribution in [3.05, 3.63) is 35.6 Å². The summed E-state index contributed by atoms with van der Waals surface area (Å²) < 4.78 is 12.9. The van der Waals surface area contributed by atoms with Crippen LogP contribution in [0, 0.1) is 5.82 Å². The van der Waals surface area contributed by atoms with E-state index >= 15 is 0 Å². The van der Waals surface area contributed by atoms with Crippen LogP contribution in [-0.2, 0) is 9.59 Å². The molecule has 0 radical (unpaired) electrons. The van der Waals surface area contributed by atoms with Crippen molar-refractivity contribution in [1.82, 2.24) is 4.90 Å². The second-order valence-electron chi connectivity index (χ2n) is 4.42. The Labute approximate surface area is 111 Å². The molecule has 1 rings (SSSR count). The molecule has 1 unspecified atom stereocenters. The third-order valence-corrected chi connectivity index (χ3v) is 3.02. The molecule has 0 spiro atoms. The van der Waals surface area contributed by atoms with Crippen molar-refractivity contribution in [1.29, 1.82) is 0 Å². The first kappa shape index (κ1) is 15.1. The highest BCUT2D eigenvalue weighted by Gasteiger charge is 2.22. The molecular formula is C14H18FNO3. The van der Waals surface area contributed by atoms with Gasteiger partial charge in [-0.3, -0.25) is 9.59 Å². The third-order valence-electron chi connectivity index (χ3n) is 3.02. The molecule has 1 atom stereocenters. The quantitative estimate of drug-likeness (QED) is 0.860. The summed E-state index contributed by atoms with van der Waals surface area (Å²) in [5.41, 5.74) is 0.746. The number of nitrogens with zero attached hydrogens (tertiary/aromatic N) is 1. The molecule has 0 aliphatic carbocycles. The Bertz CT molecular complexity index is 445. The van der Waals surface area contributed by atoms with Gasteiger partial charge in [-0.1, -0.05) is 19.1 Å². The summed E-state index contributed by atoms with van der Waals surface area (Å²) in [6.45, 7) is 2.04. The Kier molecular flexibility index (Phi) is 5.48. The molecule has 19 heavy (non-hydrogen) atoms. The van der Waals surface area contributed by atoms with E-state index < -0.39 is 5.97 Å². The number of carboxylic acid groups (broad SMARTS) is 1. The maximum Gasteiger partial charge on any atom is 0.305 e. The van der Waals surface area contributed by atoms with Gasteiger partial charge in [0.25, 0.3) is 0 Å². The van der Waals surface area contributed by atoms with Crippen molar-refractivity contribution >= 4 is 11.9 Å². The third kappa shape index (κ3) is 4.35. The van der Waals surface area contributed by atoms with Crippen LogP contribution in [0.4, 0.5) is 4.39 Å². The van der Waals surface area contributed by atoms with E-state index in [1.165, 1.54) is 17.0 Å². The van der Waals surface area contributed by atoms with Crippen LogP contribution in [0.1, 0.15) is 31.2 Å². The van der Waals surface area contributed by atoms with Gasteiger partial charge >= 0.3 is 5.97 Å². The molecule has 1 N–H and O–H groups in total. The number of likely N-dealkylation sites (N-methyl/N-ethyl adjacent to an activating group) is 1. The lowest BCUT2D eigenvalue weighted by atomic mass is 9.95. The minimum absolute atomic E-state index is 0.0813. The van der Waals surface area contributed by atoms with Crippen molar-refractivity contribution in [2.45, 2.75) is 25.7 Å². The maximum absolute atomic E-state index is 12.9. The first-order chi connectivity index (χ1) is 8.95. The number of carboxylic acids is 1. The zero-order valence-electron chi connectivity index (χ0n) is 11.1. The Morgan fingerprint density at radius 3 is 2.37 bits per heavy atom. The minimum atomic E-state index is -0.936. The predicted octanol–water partition coefficient (Wildman–Crippen LogP) is 2.25. The number of aliphatic carboxylic acids is 1. The molecule has 4 nitrogen and oxygen atoms in total. The number of halogens is 1. The van der Waals surface area contributed by atoms with Crippen LogP contribution in [-0.4, -0.2) is 35.5 Å². The van der Waals surface area contributed by atoms with Crippen LogP contribution in [0.25, 0.3) is 0 Å². The smallest absolute Gasteiger partial charge is 0.305 e. The van der Waals surface area contributed by atoms with E-state index in [0.29, 0.717) is 6.42 Å². The molecule has 0 saturated carbocycles. The van der Waals surface area contributed by atoms with Crippen LogP contribution in [0.15, 0.2) is 24.3 Å². The molecule has 0 aliphatic rings. The number of benzene rings is 1. The fourth-order valence-corrected chi connectivity index (χ4v) is 1.89. The zero-order chi connectivity index (χ0) is 14.4. The number of carbonyl (C=O) groups is 2. The number of amides is 1. The van der Waals surface area contributed by atoms with Crippen LogP contribution in [0.2, 0.25) is 0 Å². The lowest BCUT2D eigenvalue weighted by Crippen LogP contribution is -2.33. The van der Waals surface area contributed by atoms with Gasteiger partial charge in [-0.25, -0.2) is 4.39 Å². The van der Waals surface area contributed by atoms with Crippen molar-refractivity contribution in [3.8, 4) is 0 Å². The van der Waals surface area contributed by atoms with E-state index in [4.69, 9.17) is 5.11 Å². The highest BCUT2D eigenvalue weighted by atomic mass is 19.1. The second kappa shape index (κ2) is 6.87. The molecule has 1 aromatic rings. The molecule has 0 fully saturated rings. The van der Waals surface area contributed by atoms with Crippen molar-refractivity contribution in [2.24, 2.45) is 0 Å². The van der Waals surface area contributed by atoms with Crippen molar-refractivity contribution in [2.75, 3.05) is 13.6 Å². The number of hydrogen-bond acceptors (Lipinski definition) is 2. The first-order valence-corrected chi connectivity index (χ1v) is 6.18. The van der Waals surface area contributed by atoms with Crippen molar-refractivity contribution in [3.63, 3.8) is 0 Å². The lowest BCUT2D eigenvalue weighted by Gasteiger charge is -2.22. The topological polar surface area (TPSA) is 57.6 Å². The van der Waals surface area contributed by atoms with Crippen LogP contribution >= 0.6 is 0 Å². The summed E-state index contributed by atoms with van der Waals surface area (Å²) in [6, 6.07) is 5.82. The molecule has 0 saturated heterocycles. The SMILES string of the molecule is CCC(C(=O)N(C)CCC(=O)O)c1ccc(F)cc1. The molecule has 0 aromatic heterocycles. The largest absolute Gasteiger partial charge is 0.481 e. The fraction of sp³-hybridized carbons (Fsp3) is 0.429. The Morgan fingerprint density at radius 2 is 1.89 bits per heavy atom. The Morgan fingerprint density at radius 1 is 1.32 bits per heavy atom. The van der Waals surface area contributed by atoms with E-state index in [1.807, 2.05) is 6.92 Å². The maximum atomic E-state index is 12.9. The number of hydrogen-bond donors (Lipinski definition) is 1. The Hall–Kier alpha value is -1.91. The summed E-state index contributed by atoms with van der Waals surface area (Å²) in [5, 5.41) is 8.61. The van der Waals surface area contributed by atoms with E-state index in [-0.39, 0.29) is 30.6 Å². The lowest BCUT2D eigenvalue weighted by molar-refractivity contribution is -0.138. The van der Waals surface area contributed by atoms with Crippen LogP contribution in [0.5, 0.6) is 0 Å². The van der Waals surface area contributed by atoms with Gasteiger partial charge in [-0.05, 0) is 24.1 Å². The minimum Gasteiger partial charge on any atom is -0.481 e. The monoisotopic (exact) mass is 267 g/mol. The van der Waals surface area contributed by atoms with Crippen LogP contribution < -0.4 is 0 Å². The highest BCUT2D eigenvalue weighted by molar-refractivity contribution is 5.83. The summed E-state index contributed by atoms with van der Waals surface area (Å²) in [7, 11) is 1.58. The van der Waals surface area contributed by atoms with Gasteiger partial charge in [-0.2, -0.15) is 0 Å². The van der Waals surface area contributed by atoms with E-state index in [0.717, 1.165) is 5.56 Å². The van der Waals surface area contributed by atoms with Gasteiger partial charge in [0.1, 0.15) is 5.82 Å². The fourth-order valence-electron chi connectivity index (χ4n) is 1.89. The van der Waals surface area contributed by atoms with Crippen molar-refractivity contribution < 1.29 is 19.1 Å². The summed E-state index contributed by atoms with van der Waals surface area (Å²) in [5.74, 6) is -1.78.